The van der Waals surface area contributed by atoms with Crippen LogP contribution >= 0.6 is 34.5 Å². The number of aryl methyl sites for hydroxylation is 1. The molecule has 1 unspecified atom stereocenters. The van der Waals surface area contributed by atoms with E-state index < -0.39 is 0 Å². The van der Waals surface area contributed by atoms with E-state index in [-0.39, 0.29) is 6.04 Å². The number of halogens is 2. The molecule has 0 aliphatic carbocycles. The van der Waals surface area contributed by atoms with Gasteiger partial charge in [-0.05, 0) is 31.0 Å². The summed E-state index contributed by atoms with van der Waals surface area (Å²) in [4.78, 5) is 4.28. The van der Waals surface area contributed by atoms with Crippen LogP contribution < -0.4 is 11.1 Å². The zero-order valence-corrected chi connectivity index (χ0v) is 14.6. The van der Waals surface area contributed by atoms with E-state index in [4.69, 9.17) is 28.9 Å². The van der Waals surface area contributed by atoms with Crippen LogP contribution in [0.5, 0.6) is 0 Å². The summed E-state index contributed by atoms with van der Waals surface area (Å²) in [6, 6.07) is 5.29. The summed E-state index contributed by atoms with van der Waals surface area (Å²) in [6.45, 7) is 4.41. The molecule has 0 fully saturated rings. The van der Waals surface area contributed by atoms with Gasteiger partial charge in [-0.25, -0.2) is 4.99 Å². The van der Waals surface area contributed by atoms with Crippen molar-refractivity contribution in [3.63, 3.8) is 0 Å². The molecule has 5 nitrogen and oxygen atoms in total. The second-order valence-corrected chi connectivity index (χ2v) is 6.67. The average Bonchev–Trinajstić information content (AvgIpc) is 2.93. The lowest BCUT2D eigenvalue weighted by Crippen LogP contribution is -2.34. The van der Waals surface area contributed by atoms with E-state index in [9.17, 15) is 0 Å². The van der Waals surface area contributed by atoms with Crippen LogP contribution in [0.3, 0.4) is 0 Å². The third kappa shape index (κ3) is 4.56. The molecule has 1 aromatic carbocycles. The first kappa shape index (κ1) is 17.0. The van der Waals surface area contributed by atoms with Crippen LogP contribution in [0.4, 0.5) is 0 Å². The standard InChI is InChI=1S/C14H17Cl2N5S/c1-3-12-20-21-13(22-12)7-18-14(17)19-8(2)10-5-4-9(15)6-11(10)16/h4-6,8H,3,7H2,1-2H3,(H3,17,18,19). The summed E-state index contributed by atoms with van der Waals surface area (Å²) in [5.41, 5.74) is 6.82. The Morgan fingerprint density at radius 2 is 2.09 bits per heavy atom. The summed E-state index contributed by atoms with van der Waals surface area (Å²) in [7, 11) is 0. The smallest absolute Gasteiger partial charge is 0.189 e. The molecule has 0 saturated heterocycles. The summed E-state index contributed by atoms with van der Waals surface area (Å²) in [6.07, 6.45) is 0.876. The van der Waals surface area contributed by atoms with Gasteiger partial charge in [0.15, 0.2) is 5.96 Å². The van der Waals surface area contributed by atoms with Crippen LogP contribution in [0.15, 0.2) is 23.2 Å². The molecule has 0 radical (unpaired) electrons. The average molecular weight is 358 g/mol. The van der Waals surface area contributed by atoms with E-state index >= 15 is 0 Å². The highest BCUT2D eigenvalue weighted by Crippen LogP contribution is 2.25. The molecule has 22 heavy (non-hydrogen) atoms. The Bertz CT molecular complexity index is 671. The molecule has 0 aliphatic rings. The van der Waals surface area contributed by atoms with Crippen molar-refractivity contribution < 1.29 is 0 Å². The molecule has 0 amide bonds. The van der Waals surface area contributed by atoms with Crippen molar-refractivity contribution in [2.24, 2.45) is 10.7 Å². The van der Waals surface area contributed by atoms with E-state index in [2.05, 4.69) is 20.5 Å². The second kappa shape index (κ2) is 7.76. The molecule has 0 aliphatic heterocycles. The van der Waals surface area contributed by atoms with Gasteiger partial charge in [0.25, 0.3) is 0 Å². The molecule has 3 N–H and O–H groups in total. The van der Waals surface area contributed by atoms with Crippen molar-refractivity contribution >= 4 is 40.5 Å². The lowest BCUT2D eigenvalue weighted by molar-refractivity contribution is 0.707. The van der Waals surface area contributed by atoms with Crippen molar-refractivity contribution in [3.05, 3.63) is 43.8 Å². The highest BCUT2D eigenvalue weighted by molar-refractivity contribution is 7.11. The highest BCUT2D eigenvalue weighted by atomic mass is 35.5. The molecule has 1 aromatic heterocycles. The maximum Gasteiger partial charge on any atom is 0.189 e. The number of aromatic nitrogens is 2. The lowest BCUT2D eigenvalue weighted by atomic mass is 10.1. The maximum atomic E-state index is 6.18. The maximum absolute atomic E-state index is 6.18. The number of nitrogens with two attached hydrogens (primary N) is 1. The van der Waals surface area contributed by atoms with Gasteiger partial charge >= 0.3 is 0 Å². The van der Waals surface area contributed by atoms with E-state index in [0.29, 0.717) is 22.5 Å². The molecule has 0 bridgehead atoms. The van der Waals surface area contributed by atoms with Gasteiger partial charge in [-0.2, -0.15) is 0 Å². The number of benzene rings is 1. The van der Waals surface area contributed by atoms with Gasteiger partial charge < -0.3 is 11.1 Å². The zero-order valence-electron chi connectivity index (χ0n) is 12.3. The Balaban J connectivity index is 1.97. The van der Waals surface area contributed by atoms with Gasteiger partial charge in [-0.1, -0.05) is 47.5 Å². The Kier molecular flexibility index (Phi) is 5.99. The quantitative estimate of drug-likeness (QED) is 0.633. The van der Waals surface area contributed by atoms with Crippen LogP contribution in [0.25, 0.3) is 0 Å². The SMILES string of the molecule is CCc1nnc(CN=C(N)NC(C)c2ccc(Cl)cc2Cl)s1. The van der Waals surface area contributed by atoms with Crippen LogP contribution in [0.2, 0.25) is 10.0 Å². The van der Waals surface area contributed by atoms with Crippen LogP contribution in [0, 0.1) is 0 Å². The van der Waals surface area contributed by atoms with Crippen molar-refractivity contribution in [1.29, 1.82) is 0 Å². The highest BCUT2D eigenvalue weighted by Gasteiger charge is 2.11. The predicted octanol–water partition coefficient (Wildman–Crippen LogP) is 3.57. The largest absolute Gasteiger partial charge is 0.370 e. The fraction of sp³-hybridized carbons (Fsp3) is 0.357. The molecular weight excluding hydrogens is 341 g/mol. The van der Waals surface area contributed by atoms with Gasteiger partial charge in [0.1, 0.15) is 10.0 Å². The van der Waals surface area contributed by atoms with E-state index in [1.54, 1.807) is 23.5 Å². The Labute approximate surface area is 143 Å². The fourth-order valence-corrected chi connectivity index (χ4v) is 3.13. The minimum Gasteiger partial charge on any atom is -0.370 e. The molecule has 0 spiro atoms. The van der Waals surface area contributed by atoms with Crippen molar-refractivity contribution in [2.45, 2.75) is 32.9 Å². The minimum absolute atomic E-state index is 0.0749. The van der Waals surface area contributed by atoms with Gasteiger partial charge in [-0.3, -0.25) is 0 Å². The fourth-order valence-electron chi connectivity index (χ4n) is 1.85. The molecule has 2 aromatic rings. The zero-order chi connectivity index (χ0) is 16.1. The number of nitrogens with zero attached hydrogens (tertiary/aromatic N) is 3. The van der Waals surface area contributed by atoms with Crippen molar-refractivity contribution in [3.8, 4) is 0 Å². The summed E-state index contributed by atoms with van der Waals surface area (Å²) < 4.78 is 0. The van der Waals surface area contributed by atoms with Crippen molar-refractivity contribution in [2.75, 3.05) is 0 Å². The van der Waals surface area contributed by atoms with Crippen LogP contribution in [0.1, 0.15) is 35.5 Å². The van der Waals surface area contributed by atoms with Gasteiger partial charge in [0, 0.05) is 10.0 Å². The molecule has 1 atom stereocenters. The van der Waals surface area contributed by atoms with E-state index in [0.717, 1.165) is 22.0 Å². The minimum atomic E-state index is -0.0749. The summed E-state index contributed by atoms with van der Waals surface area (Å²) >= 11 is 13.6. The lowest BCUT2D eigenvalue weighted by Gasteiger charge is -2.16. The number of nitrogens with one attached hydrogen (secondary N) is 1. The predicted molar refractivity (Wildman–Crippen MR) is 92.6 cm³/mol. The third-order valence-electron chi connectivity index (χ3n) is 2.99. The number of guanidine groups is 1. The van der Waals surface area contributed by atoms with Gasteiger partial charge in [0.2, 0.25) is 0 Å². The van der Waals surface area contributed by atoms with Gasteiger partial charge in [0.05, 0.1) is 12.6 Å². The third-order valence-corrected chi connectivity index (χ3v) is 4.60. The van der Waals surface area contributed by atoms with Crippen LogP contribution in [-0.2, 0) is 13.0 Å². The Hall–Kier alpha value is -1.37. The number of hydrogen-bond acceptors (Lipinski definition) is 4. The Morgan fingerprint density at radius 3 is 2.73 bits per heavy atom. The first-order valence-electron chi connectivity index (χ1n) is 6.82. The van der Waals surface area contributed by atoms with Crippen molar-refractivity contribution in [1.82, 2.24) is 15.5 Å². The first-order valence-corrected chi connectivity index (χ1v) is 8.39. The molecule has 118 valence electrons. The summed E-state index contributed by atoms with van der Waals surface area (Å²) in [5.74, 6) is 0.340. The van der Waals surface area contributed by atoms with E-state index in [1.165, 1.54) is 0 Å². The number of aliphatic imine (C=N–C) groups is 1. The second-order valence-electron chi connectivity index (χ2n) is 4.68. The van der Waals surface area contributed by atoms with E-state index in [1.807, 2.05) is 19.9 Å². The molecule has 0 saturated carbocycles. The van der Waals surface area contributed by atoms with Gasteiger partial charge in [-0.15, -0.1) is 10.2 Å². The molecule has 2 rings (SSSR count). The Morgan fingerprint density at radius 1 is 1.36 bits per heavy atom. The topological polar surface area (TPSA) is 76.2 Å². The molecule has 1 heterocycles. The first-order chi connectivity index (χ1) is 10.5. The summed E-state index contributed by atoms with van der Waals surface area (Å²) in [5, 5.41) is 14.3. The normalized spacial score (nSPS) is 13.2. The number of rotatable bonds is 5. The van der Waals surface area contributed by atoms with Crippen LogP contribution in [-0.4, -0.2) is 16.2 Å². The molecular formula is C14H17Cl2N5S. The monoisotopic (exact) mass is 357 g/mol. The number of hydrogen-bond donors (Lipinski definition) is 2. The molecule has 8 heteroatoms.